The number of hydrogen-bond donors (Lipinski definition) is 0. The number of hydrogen-bond acceptors (Lipinski definition) is 9. The van der Waals surface area contributed by atoms with Crippen LogP contribution in [0.5, 0.6) is 5.75 Å². The molecule has 0 unspecified atom stereocenters. The van der Waals surface area contributed by atoms with E-state index in [-0.39, 0.29) is 48.5 Å². The Balaban J connectivity index is 1.44. The van der Waals surface area contributed by atoms with Crippen LogP contribution in [-0.2, 0) is 20.9 Å². The largest absolute Gasteiger partial charge is 0.487 e. The van der Waals surface area contributed by atoms with Gasteiger partial charge in [0, 0.05) is 13.1 Å². The van der Waals surface area contributed by atoms with E-state index in [1.165, 1.54) is 0 Å². The molecule has 10 heteroatoms. The van der Waals surface area contributed by atoms with E-state index < -0.39 is 0 Å². The Morgan fingerprint density at radius 3 is 2.66 bits per heavy atom. The lowest BCUT2D eigenvalue weighted by Crippen LogP contribution is -2.35. The van der Waals surface area contributed by atoms with Crippen LogP contribution in [0.2, 0.25) is 0 Å². The number of carbonyl (C=O) groups excluding carboxylic acids is 2. The van der Waals surface area contributed by atoms with Gasteiger partial charge in [-0.05, 0) is 71.4 Å². The van der Waals surface area contributed by atoms with Crippen LogP contribution in [0.25, 0.3) is 11.5 Å². The second kappa shape index (κ2) is 12.3. The molecule has 38 heavy (non-hydrogen) atoms. The number of aryl methyl sites for hydroxylation is 1. The molecule has 1 amide bonds. The fourth-order valence-electron chi connectivity index (χ4n) is 5.16. The molecule has 0 N–H and O–H groups in total. The van der Waals surface area contributed by atoms with Gasteiger partial charge in [-0.25, -0.2) is 9.78 Å². The van der Waals surface area contributed by atoms with Gasteiger partial charge in [0.1, 0.15) is 18.4 Å². The number of rotatable bonds is 8. The zero-order valence-corrected chi connectivity index (χ0v) is 22.6. The highest BCUT2D eigenvalue weighted by molar-refractivity contribution is 5.72. The van der Waals surface area contributed by atoms with Crippen LogP contribution in [0, 0.1) is 24.2 Å². The molecule has 204 valence electrons. The summed E-state index contributed by atoms with van der Waals surface area (Å²) in [6.07, 6.45) is 6.37. The zero-order chi connectivity index (χ0) is 27.2. The molecule has 2 fully saturated rings. The summed E-state index contributed by atoms with van der Waals surface area (Å²) in [6, 6.07) is 5.68. The molecule has 0 bridgehead atoms. The zero-order valence-electron chi connectivity index (χ0n) is 22.6. The molecule has 0 radical (unpaired) electrons. The average Bonchev–Trinajstić information content (AvgIpc) is 3.57. The van der Waals surface area contributed by atoms with Gasteiger partial charge in [-0.15, -0.1) is 0 Å². The van der Waals surface area contributed by atoms with Gasteiger partial charge >= 0.3 is 12.1 Å². The Morgan fingerprint density at radius 1 is 1.18 bits per heavy atom. The number of esters is 1. The Kier molecular flexibility index (Phi) is 8.87. The number of pyridine rings is 1. The molecule has 2 aromatic heterocycles. The van der Waals surface area contributed by atoms with Crippen LogP contribution in [0.1, 0.15) is 82.2 Å². The van der Waals surface area contributed by atoms with Gasteiger partial charge in [0.2, 0.25) is 0 Å². The number of carbonyl (C=O) groups is 2. The highest BCUT2D eigenvalue weighted by atomic mass is 16.6. The molecule has 2 saturated carbocycles. The first-order valence-electron chi connectivity index (χ1n) is 13.4. The minimum Gasteiger partial charge on any atom is -0.487 e. The van der Waals surface area contributed by atoms with Crippen molar-refractivity contribution in [1.29, 1.82) is 5.26 Å². The average molecular weight is 525 g/mol. The first-order chi connectivity index (χ1) is 18.3. The van der Waals surface area contributed by atoms with Crippen molar-refractivity contribution in [1.82, 2.24) is 15.0 Å². The summed E-state index contributed by atoms with van der Waals surface area (Å²) < 4.78 is 22.6. The SMILES string of the molecule is Cc1noc(-c2ccc(O[C@H]3CCC[C@H](C(=O)OC(C)C)C3)c(C#N)n2)c1COC(=O)N(C)C1CCCC1. The van der Waals surface area contributed by atoms with E-state index >= 15 is 0 Å². The molecule has 2 heterocycles. The van der Waals surface area contributed by atoms with Gasteiger partial charge < -0.3 is 23.6 Å². The summed E-state index contributed by atoms with van der Waals surface area (Å²) in [5, 5.41) is 13.8. The monoisotopic (exact) mass is 524 g/mol. The minimum absolute atomic E-state index is 0.0156. The summed E-state index contributed by atoms with van der Waals surface area (Å²) in [5.74, 6) is 0.271. The molecule has 2 aliphatic rings. The molecule has 0 saturated heterocycles. The van der Waals surface area contributed by atoms with Gasteiger partial charge in [0.25, 0.3) is 0 Å². The van der Waals surface area contributed by atoms with E-state index in [1.54, 1.807) is 31.0 Å². The number of ether oxygens (including phenoxy) is 3. The number of nitriles is 1. The second-order valence-electron chi connectivity index (χ2n) is 10.4. The van der Waals surface area contributed by atoms with E-state index in [0.29, 0.717) is 34.9 Å². The minimum atomic E-state index is -0.388. The Bertz CT molecular complexity index is 1180. The summed E-state index contributed by atoms with van der Waals surface area (Å²) in [5.41, 5.74) is 1.68. The molecular formula is C28H36N4O6. The number of amides is 1. The topological polar surface area (TPSA) is 128 Å². The van der Waals surface area contributed by atoms with Crippen molar-refractivity contribution in [2.75, 3.05) is 7.05 Å². The van der Waals surface area contributed by atoms with Crippen LogP contribution < -0.4 is 4.74 Å². The predicted octanol–water partition coefficient (Wildman–Crippen LogP) is 5.32. The lowest BCUT2D eigenvalue weighted by atomic mass is 9.87. The molecule has 10 nitrogen and oxygen atoms in total. The van der Waals surface area contributed by atoms with Gasteiger partial charge in [0.05, 0.1) is 29.4 Å². The number of aromatic nitrogens is 2. The van der Waals surface area contributed by atoms with Gasteiger partial charge in [-0.2, -0.15) is 5.26 Å². The van der Waals surface area contributed by atoms with Crippen molar-refractivity contribution in [2.45, 2.75) is 97.0 Å². The van der Waals surface area contributed by atoms with Crippen LogP contribution >= 0.6 is 0 Å². The Hall–Kier alpha value is -3.61. The lowest BCUT2D eigenvalue weighted by Gasteiger charge is -2.29. The van der Waals surface area contributed by atoms with E-state index in [4.69, 9.17) is 18.7 Å². The van der Waals surface area contributed by atoms with Gasteiger partial charge in [-0.1, -0.05) is 18.0 Å². The van der Waals surface area contributed by atoms with Crippen molar-refractivity contribution in [2.24, 2.45) is 5.92 Å². The fourth-order valence-corrected chi connectivity index (χ4v) is 5.16. The van der Waals surface area contributed by atoms with Crippen LogP contribution in [0.3, 0.4) is 0 Å². The van der Waals surface area contributed by atoms with E-state index in [9.17, 15) is 14.9 Å². The molecule has 2 aliphatic carbocycles. The molecule has 0 aromatic carbocycles. The molecular weight excluding hydrogens is 488 g/mol. The third kappa shape index (κ3) is 6.44. The second-order valence-corrected chi connectivity index (χ2v) is 10.4. The van der Waals surface area contributed by atoms with Crippen molar-refractivity contribution >= 4 is 12.1 Å². The first-order valence-corrected chi connectivity index (χ1v) is 13.4. The molecule has 2 aromatic rings. The van der Waals surface area contributed by atoms with Crippen molar-refractivity contribution < 1.29 is 28.3 Å². The van der Waals surface area contributed by atoms with Crippen molar-refractivity contribution in [3.8, 4) is 23.3 Å². The standard InChI is InChI=1S/C28H36N4O6/c1-17(2)36-27(33)19-8-7-11-21(14-19)37-25-13-12-23(30-24(25)15-29)26-22(18(3)31-38-26)16-35-28(34)32(4)20-9-5-6-10-20/h12-13,17,19-21H,5-11,14,16H2,1-4H3/t19-,21-/m0/s1. The van der Waals surface area contributed by atoms with E-state index in [2.05, 4.69) is 16.2 Å². The predicted molar refractivity (Wildman–Crippen MR) is 137 cm³/mol. The quantitative estimate of drug-likeness (QED) is 0.422. The van der Waals surface area contributed by atoms with E-state index in [0.717, 1.165) is 44.9 Å². The van der Waals surface area contributed by atoms with Gasteiger partial charge in [0.15, 0.2) is 17.2 Å². The maximum Gasteiger partial charge on any atom is 0.410 e. The van der Waals surface area contributed by atoms with Crippen LogP contribution in [0.15, 0.2) is 16.7 Å². The number of nitrogens with zero attached hydrogens (tertiary/aromatic N) is 4. The smallest absolute Gasteiger partial charge is 0.410 e. The van der Waals surface area contributed by atoms with Crippen molar-refractivity contribution in [3.63, 3.8) is 0 Å². The summed E-state index contributed by atoms with van der Waals surface area (Å²) in [7, 11) is 1.76. The molecule has 0 spiro atoms. The van der Waals surface area contributed by atoms with E-state index in [1.807, 2.05) is 13.8 Å². The lowest BCUT2D eigenvalue weighted by molar-refractivity contribution is -0.154. The molecule has 2 atom stereocenters. The fraction of sp³-hybridized carbons (Fsp3) is 0.607. The first kappa shape index (κ1) is 27.4. The summed E-state index contributed by atoms with van der Waals surface area (Å²) in [6.45, 7) is 5.42. The van der Waals surface area contributed by atoms with Crippen LogP contribution in [-0.4, -0.2) is 52.4 Å². The summed E-state index contributed by atoms with van der Waals surface area (Å²) in [4.78, 5) is 31.1. The highest BCUT2D eigenvalue weighted by Gasteiger charge is 2.31. The Morgan fingerprint density at radius 2 is 1.95 bits per heavy atom. The highest BCUT2D eigenvalue weighted by Crippen LogP contribution is 2.32. The molecule has 4 rings (SSSR count). The molecule has 0 aliphatic heterocycles. The van der Waals surface area contributed by atoms with Crippen LogP contribution in [0.4, 0.5) is 4.79 Å². The summed E-state index contributed by atoms with van der Waals surface area (Å²) >= 11 is 0. The van der Waals surface area contributed by atoms with Crippen molar-refractivity contribution in [3.05, 3.63) is 29.1 Å². The van der Waals surface area contributed by atoms with Gasteiger partial charge in [-0.3, -0.25) is 4.79 Å². The maximum atomic E-state index is 12.6. The third-order valence-electron chi connectivity index (χ3n) is 7.29. The Labute approximate surface area is 223 Å². The third-order valence-corrected chi connectivity index (χ3v) is 7.29. The normalized spacial score (nSPS) is 19.7. The maximum absolute atomic E-state index is 12.6.